The van der Waals surface area contributed by atoms with Crippen LogP contribution < -0.4 is 16.0 Å². The molecule has 2 aliphatic carbocycles. The van der Waals surface area contributed by atoms with E-state index in [1.165, 1.54) is 6.33 Å². The number of hydrogen-bond acceptors (Lipinski definition) is 7. The van der Waals surface area contributed by atoms with Gasteiger partial charge in [-0.15, -0.1) is 0 Å². The van der Waals surface area contributed by atoms with Crippen LogP contribution in [0.3, 0.4) is 0 Å². The molecular formula is C24H37F3N6O2. The summed E-state index contributed by atoms with van der Waals surface area (Å²) >= 11 is 0. The second-order valence-electron chi connectivity index (χ2n) is 10.6. The van der Waals surface area contributed by atoms with Crippen molar-refractivity contribution in [2.45, 2.75) is 69.9 Å². The Balaban J connectivity index is 1.36. The summed E-state index contributed by atoms with van der Waals surface area (Å²) in [5.74, 6) is -3.69. The molecule has 1 aromatic heterocycles. The number of rotatable bonds is 10. The highest BCUT2D eigenvalue weighted by Crippen LogP contribution is 2.41. The Morgan fingerprint density at radius 3 is 2.54 bits per heavy atom. The lowest BCUT2D eigenvalue weighted by atomic mass is 9.79. The predicted octanol–water partition coefficient (Wildman–Crippen LogP) is 2.63. The van der Waals surface area contributed by atoms with Crippen LogP contribution in [0.25, 0.3) is 0 Å². The number of alkyl halides is 2. The van der Waals surface area contributed by atoms with Gasteiger partial charge >= 0.3 is 0 Å². The maximum atomic E-state index is 15.5. The van der Waals surface area contributed by atoms with E-state index < -0.39 is 29.7 Å². The van der Waals surface area contributed by atoms with Gasteiger partial charge in [0.05, 0.1) is 12.6 Å². The van der Waals surface area contributed by atoms with Crippen molar-refractivity contribution in [3.63, 3.8) is 0 Å². The fourth-order valence-electron chi connectivity index (χ4n) is 5.48. The largest absolute Gasteiger partial charge is 0.391 e. The van der Waals surface area contributed by atoms with Crippen molar-refractivity contribution in [1.82, 2.24) is 14.9 Å². The van der Waals surface area contributed by atoms with Gasteiger partial charge in [0.15, 0.2) is 11.6 Å². The Morgan fingerprint density at radius 2 is 1.94 bits per heavy atom. The monoisotopic (exact) mass is 498 g/mol. The van der Waals surface area contributed by atoms with Gasteiger partial charge in [-0.3, -0.25) is 9.69 Å². The Kier molecular flexibility index (Phi) is 8.05. The van der Waals surface area contributed by atoms with Gasteiger partial charge in [-0.2, -0.15) is 4.39 Å². The molecule has 11 heteroatoms. The lowest BCUT2D eigenvalue weighted by Gasteiger charge is -2.36. The van der Waals surface area contributed by atoms with E-state index in [1.54, 1.807) is 0 Å². The number of halogens is 3. The van der Waals surface area contributed by atoms with Gasteiger partial charge in [0, 0.05) is 37.5 Å². The van der Waals surface area contributed by atoms with E-state index in [1.807, 2.05) is 9.80 Å². The number of nitrogens with one attached hydrogen (secondary N) is 1. The molecular weight excluding hydrogens is 461 g/mol. The van der Waals surface area contributed by atoms with Crippen LogP contribution in [0.1, 0.15) is 51.9 Å². The number of aliphatic hydroxyl groups excluding tert-OH is 1. The van der Waals surface area contributed by atoms with Gasteiger partial charge in [0.25, 0.3) is 0 Å². The number of nitrogens with zero attached hydrogens (tertiary/aromatic N) is 4. The fraction of sp³-hybridized carbons (Fsp3) is 0.792. The normalized spacial score (nSPS) is 28.0. The van der Waals surface area contributed by atoms with Crippen LogP contribution in [0.5, 0.6) is 0 Å². The molecule has 2 saturated carbocycles. The highest BCUT2D eigenvalue weighted by atomic mass is 19.3. The van der Waals surface area contributed by atoms with Gasteiger partial charge < -0.3 is 21.1 Å². The number of carbonyl (C=O) groups is 1. The number of aromatic nitrogens is 2. The Hall–Kier alpha value is -2.14. The summed E-state index contributed by atoms with van der Waals surface area (Å²) in [6.45, 7) is 3.04. The number of likely N-dealkylation sites (tertiary alicyclic amines) is 1. The van der Waals surface area contributed by atoms with Crippen molar-refractivity contribution in [3.05, 3.63) is 12.1 Å². The van der Waals surface area contributed by atoms with Gasteiger partial charge in [-0.05, 0) is 64.3 Å². The van der Waals surface area contributed by atoms with E-state index in [2.05, 4.69) is 15.3 Å². The first-order chi connectivity index (χ1) is 16.6. The van der Waals surface area contributed by atoms with E-state index in [9.17, 15) is 18.7 Å². The maximum absolute atomic E-state index is 15.5. The van der Waals surface area contributed by atoms with E-state index in [0.717, 1.165) is 19.8 Å². The number of nitrogens with two attached hydrogens (primary N) is 1. The number of amides is 1. The molecule has 1 aromatic rings. The average molecular weight is 499 g/mol. The number of aliphatic hydroxyl groups is 1. The zero-order valence-corrected chi connectivity index (χ0v) is 20.3. The minimum Gasteiger partial charge on any atom is -0.391 e. The van der Waals surface area contributed by atoms with Gasteiger partial charge in [0.1, 0.15) is 6.33 Å². The molecule has 2 heterocycles. The minimum absolute atomic E-state index is 0.0988. The van der Waals surface area contributed by atoms with Crippen LogP contribution in [0.15, 0.2) is 6.33 Å². The van der Waals surface area contributed by atoms with Gasteiger partial charge in [-0.25, -0.2) is 18.7 Å². The second kappa shape index (κ2) is 10.9. The summed E-state index contributed by atoms with van der Waals surface area (Å²) in [6, 6.07) is 0.217. The van der Waals surface area contributed by atoms with Crippen molar-refractivity contribution in [3.8, 4) is 0 Å². The third-order valence-corrected chi connectivity index (χ3v) is 7.77. The topological polar surface area (TPSA) is 108 Å². The molecule has 0 bridgehead atoms. The van der Waals surface area contributed by atoms with Crippen LogP contribution in [0.4, 0.5) is 24.8 Å². The smallest absolute Gasteiger partial charge is 0.248 e. The van der Waals surface area contributed by atoms with E-state index in [0.29, 0.717) is 58.3 Å². The maximum Gasteiger partial charge on any atom is 0.248 e. The molecule has 3 aliphatic rings. The molecule has 4 N–H and O–H groups in total. The quantitative estimate of drug-likeness (QED) is 0.455. The molecule has 0 aromatic carbocycles. The summed E-state index contributed by atoms with van der Waals surface area (Å²) in [6.07, 6.45) is 5.66. The molecule has 2 atom stereocenters. The first-order valence-electron chi connectivity index (χ1n) is 12.7. The number of primary amides is 1. The highest BCUT2D eigenvalue weighted by Gasteiger charge is 2.39. The van der Waals surface area contributed by atoms with Crippen molar-refractivity contribution >= 4 is 17.5 Å². The molecule has 1 saturated heterocycles. The van der Waals surface area contributed by atoms with Crippen LogP contribution >= 0.6 is 0 Å². The second-order valence-corrected chi connectivity index (χ2v) is 10.6. The SMILES string of the molecule is CC(F)(F)C1CCC(CN(c2ncnc(NC[C@H]3CCN(CC(N)=O)C[C@@H]3O)c2F)C2CC2)CC1. The van der Waals surface area contributed by atoms with Crippen molar-refractivity contribution in [2.24, 2.45) is 23.5 Å². The molecule has 4 rings (SSSR count). The fourth-order valence-corrected chi connectivity index (χ4v) is 5.48. The third-order valence-electron chi connectivity index (χ3n) is 7.77. The number of anilines is 2. The molecule has 1 aliphatic heterocycles. The van der Waals surface area contributed by atoms with Crippen LogP contribution in [0, 0.1) is 23.6 Å². The molecule has 196 valence electrons. The number of carbonyl (C=O) groups excluding carboxylic acids is 1. The minimum atomic E-state index is -2.65. The average Bonchev–Trinajstić information content (AvgIpc) is 3.63. The number of hydrogen-bond donors (Lipinski definition) is 3. The zero-order valence-electron chi connectivity index (χ0n) is 20.3. The van der Waals surface area contributed by atoms with E-state index >= 15 is 4.39 Å². The van der Waals surface area contributed by atoms with Crippen LogP contribution in [-0.2, 0) is 4.79 Å². The molecule has 0 spiro atoms. The molecule has 0 unspecified atom stereocenters. The van der Waals surface area contributed by atoms with Crippen molar-refractivity contribution < 1.29 is 23.1 Å². The first kappa shape index (κ1) is 25.9. The molecule has 1 amide bonds. The van der Waals surface area contributed by atoms with Crippen LogP contribution in [-0.4, -0.2) is 76.7 Å². The predicted molar refractivity (Wildman–Crippen MR) is 127 cm³/mol. The lowest BCUT2D eigenvalue weighted by molar-refractivity contribution is -0.120. The van der Waals surface area contributed by atoms with Crippen molar-refractivity contribution in [1.29, 1.82) is 0 Å². The molecule has 0 radical (unpaired) electrons. The summed E-state index contributed by atoms with van der Waals surface area (Å²) in [5, 5.41) is 13.5. The van der Waals surface area contributed by atoms with E-state index in [-0.39, 0.29) is 36.1 Å². The number of β-amino-alcohol motifs (C(OH)–C–C–N with tert-alkyl or cyclic N) is 1. The van der Waals surface area contributed by atoms with E-state index in [4.69, 9.17) is 5.73 Å². The lowest BCUT2D eigenvalue weighted by Crippen LogP contribution is -2.48. The number of piperidine rings is 1. The molecule has 35 heavy (non-hydrogen) atoms. The van der Waals surface area contributed by atoms with Gasteiger partial charge in [-0.1, -0.05) is 0 Å². The summed E-state index contributed by atoms with van der Waals surface area (Å²) in [5.41, 5.74) is 5.24. The molecule has 8 nitrogen and oxygen atoms in total. The first-order valence-corrected chi connectivity index (χ1v) is 12.7. The van der Waals surface area contributed by atoms with Crippen molar-refractivity contribution in [2.75, 3.05) is 42.9 Å². The standard InChI is InChI=1S/C24H37F3N6O2/c1-24(26,27)17-4-2-15(3-5-17)11-33(18-6-7-18)23-21(25)22(30-14-31-23)29-10-16-8-9-32(12-19(16)34)13-20(28)35/h14-19,34H,2-13H2,1H3,(H2,28,35)(H,29,30,31)/t15?,16-,17?,19+/m1/s1. The zero-order chi connectivity index (χ0) is 25.2. The highest BCUT2D eigenvalue weighted by molar-refractivity contribution is 5.75. The Morgan fingerprint density at radius 1 is 1.23 bits per heavy atom. The Labute approximate surface area is 204 Å². The summed E-state index contributed by atoms with van der Waals surface area (Å²) in [7, 11) is 0. The van der Waals surface area contributed by atoms with Gasteiger partial charge in [0.2, 0.25) is 17.6 Å². The summed E-state index contributed by atoms with van der Waals surface area (Å²) in [4.78, 5) is 23.3. The molecule has 3 fully saturated rings. The third kappa shape index (κ3) is 6.75. The Bertz CT molecular complexity index is 873. The summed E-state index contributed by atoms with van der Waals surface area (Å²) < 4.78 is 42.8. The van der Waals surface area contributed by atoms with Crippen LogP contribution in [0.2, 0.25) is 0 Å².